The zero-order valence-electron chi connectivity index (χ0n) is 39.8. The predicted octanol–water partition coefficient (Wildman–Crippen LogP) is 0.767. The van der Waals surface area contributed by atoms with Gasteiger partial charge >= 0.3 is 6.09 Å². The van der Waals surface area contributed by atoms with Crippen LogP contribution in [0.3, 0.4) is 0 Å². The molecule has 1 heterocycles. The van der Waals surface area contributed by atoms with E-state index in [2.05, 4.69) is 16.0 Å². The van der Waals surface area contributed by atoms with Crippen LogP contribution in [-0.4, -0.2) is 208 Å². The topological polar surface area (TPSA) is 248 Å². The molecule has 0 aromatic heterocycles. The number of hydrogen-bond donors (Lipinski definition) is 3. The van der Waals surface area contributed by atoms with E-state index in [0.29, 0.717) is 103 Å². The Hall–Kier alpha value is -5.07. The van der Waals surface area contributed by atoms with Crippen LogP contribution in [0.2, 0.25) is 0 Å². The zero-order chi connectivity index (χ0) is 49.1. The first-order valence-electron chi connectivity index (χ1n) is 22.5. The van der Waals surface area contributed by atoms with Crippen LogP contribution in [0, 0.1) is 5.92 Å². The minimum absolute atomic E-state index is 0.0252. The van der Waals surface area contributed by atoms with Crippen LogP contribution >= 0.6 is 0 Å². The number of nitrogens with zero attached hydrogens (tertiary/aromatic N) is 3. The van der Waals surface area contributed by atoms with Gasteiger partial charge in [0.05, 0.1) is 106 Å². The van der Waals surface area contributed by atoms with Gasteiger partial charge in [-0.2, -0.15) is 0 Å². The molecule has 0 spiro atoms. The highest BCUT2D eigenvalue weighted by Gasteiger charge is 2.25. The molecule has 0 saturated heterocycles. The number of anilines is 1. The van der Waals surface area contributed by atoms with E-state index in [0.717, 1.165) is 4.90 Å². The molecule has 1 aliphatic heterocycles. The number of carbonyl (C=O) groups excluding carboxylic acids is 7. The molecule has 1 aromatic rings. The second-order valence-corrected chi connectivity index (χ2v) is 15.1. The number of imide groups is 1. The lowest BCUT2D eigenvalue weighted by Crippen LogP contribution is -2.51. The van der Waals surface area contributed by atoms with Crippen molar-refractivity contribution in [3.05, 3.63) is 42.0 Å². The van der Waals surface area contributed by atoms with Crippen LogP contribution in [0.1, 0.15) is 39.2 Å². The Morgan fingerprint density at radius 2 is 1.12 bits per heavy atom. The number of carbonyl (C=O) groups is 7. The third-order valence-electron chi connectivity index (χ3n) is 9.67. The smallest absolute Gasteiger partial charge is 0.410 e. The highest BCUT2D eigenvalue weighted by molar-refractivity contribution is 6.12. The van der Waals surface area contributed by atoms with Crippen molar-refractivity contribution < 1.29 is 76.2 Å². The molecule has 378 valence electrons. The van der Waals surface area contributed by atoms with E-state index < -0.39 is 23.9 Å². The summed E-state index contributed by atoms with van der Waals surface area (Å²) in [7, 11) is 3.09. The Kier molecular flexibility index (Phi) is 31.2. The van der Waals surface area contributed by atoms with E-state index in [1.807, 2.05) is 0 Å². The third-order valence-corrected chi connectivity index (χ3v) is 9.67. The van der Waals surface area contributed by atoms with Crippen molar-refractivity contribution >= 4 is 47.2 Å². The van der Waals surface area contributed by atoms with Gasteiger partial charge in [-0.25, -0.2) is 4.79 Å². The summed E-state index contributed by atoms with van der Waals surface area (Å²) in [5, 5.41) is 8.00. The molecule has 0 radical (unpaired) electrons. The van der Waals surface area contributed by atoms with Crippen LogP contribution in [-0.2, 0) is 78.0 Å². The molecular weight excluding hydrogens is 881 g/mol. The number of ether oxygens (including phenoxy) is 9. The largest absolute Gasteiger partial charge is 0.445 e. The highest BCUT2D eigenvalue weighted by Crippen LogP contribution is 2.12. The molecule has 2 rings (SSSR count). The Balaban J connectivity index is 1.52. The Labute approximate surface area is 393 Å². The zero-order valence-corrected chi connectivity index (χ0v) is 39.8. The van der Waals surface area contributed by atoms with Gasteiger partial charge in [-0.05, 0) is 23.6 Å². The fourth-order valence-electron chi connectivity index (χ4n) is 5.88. The fraction of sp³-hybridized carbons (Fsp3) is 0.667. The summed E-state index contributed by atoms with van der Waals surface area (Å²) in [6, 6.07) is 5.81. The monoisotopic (exact) mass is 953 g/mol. The summed E-state index contributed by atoms with van der Waals surface area (Å²) in [6.45, 7) is 11.1. The molecule has 0 saturated carbocycles. The molecule has 1 atom stereocenters. The predicted molar refractivity (Wildman–Crippen MR) is 243 cm³/mol. The lowest BCUT2D eigenvalue weighted by molar-refractivity contribution is -0.138. The second kappa shape index (κ2) is 36.0. The van der Waals surface area contributed by atoms with Crippen molar-refractivity contribution in [3.63, 3.8) is 0 Å². The normalized spacial score (nSPS) is 12.7. The first kappa shape index (κ1) is 58.1. The molecule has 0 fully saturated rings. The second-order valence-electron chi connectivity index (χ2n) is 15.1. The average Bonchev–Trinajstić information content (AvgIpc) is 3.64. The van der Waals surface area contributed by atoms with Crippen molar-refractivity contribution in [2.24, 2.45) is 5.92 Å². The molecule has 1 unspecified atom stereocenters. The van der Waals surface area contributed by atoms with Crippen LogP contribution in [0.5, 0.6) is 0 Å². The summed E-state index contributed by atoms with van der Waals surface area (Å²) in [6.07, 6.45) is 2.28. The number of hydrogen-bond acceptors (Lipinski definition) is 16. The van der Waals surface area contributed by atoms with Gasteiger partial charge in [-0.3, -0.25) is 33.7 Å². The molecule has 22 heteroatoms. The Morgan fingerprint density at radius 3 is 1.63 bits per heavy atom. The lowest BCUT2D eigenvalue weighted by Gasteiger charge is -2.27. The molecule has 3 N–H and O–H groups in total. The van der Waals surface area contributed by atoms with Gasteiger partial charge in [0, 0.05) is 71.1 Å². The molecule has 1 aromatic carbocycles. The summed E-state index contributed by atoms with van der Waals surface area (Å²) in [4.78, 5) is 90.6. The molecule has 0 bridgehead atoms. The first-order chi connectivity index (χ1) is 32.4. The van der Waals surface area contributed by atoms with Gasteiger partial charge in [-0.15, -0.1) is 0 Å². The van der Waals surface area contributed by atoms with E-state index in [-0.39, 0.29) is 88.6 Å². The van der Waals surface area contributed by atoms with Crippen molar-refractivity contribution in [2.45, 2.75) is 46.3 Å². The number of methoxy groups -OCH3 is 2. The van der Waals surface area contributed by atoms with E-state index in [1.165, 1.54) is 24.2 Å². The lowest BCUT2D eigenvalue weighted by atomic mass is 10.0. The molecule has 22 nitrogen and oxygen atoms in total. The minimum atomic E-state index is -0.868. The number of benzene rings is 1. The number of rotatable bonds is 39. The number of nitrogens with one attached hydrogen (secondary N) is 3. The molecular formula is C45H72N6O16. The highest BCUT2D eigenvalue weighted by atomic mass is 16.6. The third kappa shape index (κ3) is 26.2. The summed E-state index contributed by atoms with van der Waals surface area (Å²) in [5.41, 5.74) is 1.14. The molecule has 1 aliphatic rings. The summed E-state index contributed by atoms with van der Waals surface area (Å²) >= 11 is 0. The number of amides is 7. The average molecular weight is 953 g/mol. The summed E-state index contributed by atoms with van der Waals surface area (Å²) in [5.74, 6) is -2.32. The van der Waals surface area contributed by atoms with Crippen molar-refractivity contribution in [3.8, 4) is 0 Å². The SMILES string of the molecule is CCC(=O)N(CCOC)CCN(CCOC)C(=O)OCc1ccc(NC(=O)CNC(=O)C(NC(=O)CCOCCOCCOCCOCCOCCOCCN2C(=O)C=CC2=O)C(C)C)cc1. The van der Waals surface area contributed by atoms with Gasteiger partial charge in [0.15, 0.2) is 0 Å². The van der Waals surface area contributed by atoms with Crippen LogP contribution < -0.4 is 16.0 Å². The maximum absolute atomic E-state index is 12.9. The van der Waals surface area contributed by atoms with Gasteiger partial charge in [0.1, 0.15) is 12.6 Å². The van der Waals surface area contributed by atoms with Gasteiger partial charge in [0.25, 0.3) is 11.8 Å². The summed E-state index contributed by atoms with van der Waals surface area (Å²) < 4.78 is 48.5. The van der Waals surface area contributed by atoms with Crippen molar-refractivity contribution in [1.29, 1.82) is 0 Å². The van der Waals surface area contributed by atoms with Crippen molar-refractivity contribution in [1.82, 2.24) is 25.3 Å². The van der Waals surface area contributed by atoms with Crippen LogP contribution in [0.25, 0.3) is 0 Å². The van der Waals surface area contributed by atoms with Gasteiger partial charge < -0.3 is 68.4 Å². The van der Waals surface area contributed by atoms with Gasteiger partial charge in [-0.1, -0.05) is 32.9 Å². The maximum atomic E-state index is 12.9. The van der Waals surface area contributed by atoms with E-state index in [1.54, 1.807) is 57.0 Å². The van der Waals surface area contributed by atoms with E-state index >= 15 is 0 Å². The van der Waals surface area contributed by atoms with Crippen molar-refractivity contribution in [2.75, 3.05) is 151 Å². The fourth-order valence-corrected chi connectivity index (χ4v) is 5.88. The quantitative estimate of drug-likeness (QED) is 0.0609. The molecule has 0 aliphatic carbocycles. The van der Waals surface area contributed by atoms with Crippen LogP contribution in [0.4, 0.5) is 10.5 Å². The minimum Gasteiger partial charge on any atom is -0.445 e. The maximum Gasteiger partial charge on any atom is 0.410 e. The van der Waals surface area contributed by atoms with E-state index in [4.69, 9.17) is 42.6 Å². The standard InChI is InChI=1S/C45H72N6O16/c1-6-40(54)49(16-20-59-4)14-15-50(17-21-60-5)45(58)67-34-36-7-9-37(10-8-36)47-39(53)33-46-44(57)43(35(2)3)48-38(52)13-19-61-23-25-63-27-29-65-31-32-66-30-28-64-26-24-62-22-18-51-41(55)11-12-42(51)56/h7-12,35,43H,6,13-34H2,1-5H3,(H,46,57)(H,47,53)(H,48,52). The van der Waals surface area contributed by atoms with Crippen LogP contribution in [0.15, 0.2) is 36.4 Å². The molecule has 67 heavy (non-hydrogen) atoms. The Bertz CT molecular complexity index is 1630. The Morgan fingerprint density at radius 1 is 0.627 bits per heavy atom. The van der Waals surface area contributed by atoms with E-state index in [9.17, 15) is 33.6 Å². The first-order valence-corrected chi connectivity index (χ1v) is 22.5. The van der Waals surface area contributed by atoms with Gasteiger partial charge in [0.2, 0.25) is 23.6 Å². The molecule has 7 amide bonds.